The average molecular weight is 524 g/mol. The molecule has 4 atom stereocenters. The summed E-state index contributed by atoms with van der Waals surface area (Å²) in [5.74, 6) is 0.622. The van der Waals surface area contributed by atoms with E-state index in [2.05, 4.69) is 20.2 Å². The predicted octanol–water partition coefficient (Wildman–Crippen LogP) is 4.50. The molecule has 38 heavy (non-hydrogen) atoms. The third-order valence-corrected chi connectivity index (χ3v) is 7.74. The highest BCUT2D eigenvalue weighted by Gasteiger charge is 2.46. The lowest BCUT2D eigenvalue weighted by atomic mass is 9.97. The molecule has 11 heteroatoms. The fraction of sp³-hybridized carbons (Fsp3) is 0.407. The molecule has 0 saturated carbocycles. The molecule has 0 spiro atoms. The lowest BCUT2D eigenvalue weighted by Gasteiger charge is -2.40. The molecule has 2 saturated heterocycles. The van der Waals surface area contributed by atoms with Gasteiger partial charge in [-0.3, -0.25) is 14.3 Å². The fourth-order valence-electron chi connectivity index (χ4n) is 5.78. The standard InChI is InChI=1S/C27H28F3N7O/c1-35-14-20(12-33-35)17-3-2-4-18(7-17)26-31-10-19(11-32-26)21-13-34-37(15-21)24-8-22-5-6-23(9-24)36(22)16-25(38)27(28,29)30/h2-4,7,10-15,22-25,38H,5-6,8-9,16H2,1H3/t22-,23+,24?,25?. The molecule has 3 aromatic heterocycles. The van der Waals surface area contributed by atoms with Crippen molar-refractivity contribution >= 4 is 0 Å². The number of nitrogens with zero attached hydrogens (tertiary/aromatic N) is 7. The number of aromatic nitrogens is 6. The van der Waals surface area contributed by atoms with Crippen molar-refractivity contribution < 1.29 is 18.3 Å². The van der Waals surface area contributed by atoms with Gasteiger partial charge in [0, 0.05) is 72.7 Å². The van der Waals surface area contributed by atoms with Gasteiger partial charge < -0.3 is 5.11 Å². The van der Waals surface area contributed by atoms with Gasteiger partial charge in [-0.2, -0.15) is 23.4 Å². The second-order valence-corrected chi connectivity index (χ2v) is 10.3. The first-order chi connectivity index (χ1) is 18.2. The SMILES string of the molecule is Cn1cc(-c2cccc(-c3ncc(-c4cnn(C5C[C@H]6CC[C@@H](C5)N6CC(O)C(F)(F)F)c4)cn3)c2)cn1. The Morgan fingerprint density at radius 1 is 0.868 bits per heavy atom. The van der Waals surface area contributed by atoms with E-state index in [1.807, 2.05) is 59.5 Å². The van der Waals surface area contributed by atoms with Crippen LogP contribution < -0.4 is 0 Å². The minimum absolute atomic E-state index is 0.0217. The van der Waals surface area contributed by atoms with E-state index in [0.29, 0.717) is 18.7 Å². The maximum Gasteiger partial charge on any atom is 0.415 e. The summed E-state index contributed by atoms with van der Waals surface area (Å²) in [5.41, 5.74) is 4.71. The van der Waals surface area contributed by atoms with Gasteiger partial charge in [0.2, 0.25) is 0 Å². The van der Waals surface area contributed by atoms with E-state index in [4.69, 9.17) is 0 Å². The summed E-state index contributed by atoms with van der Waals surface area (Å²) in [6, 6.07) is 8.16. The lowest BCUT2D eigenvalue weighted by Crippen LogP contribution is -2.49. The van der Waals surface area contributed by atoms with Crippen LogP contribution in [0.4, 0.5) is 13.2 Å². The van der Waals surface area contributed by atoms with Crippen molar-refractivity contribution in [3.05, 3.63) is 61.4 Å². The molecule has 1 N–H and O–H groups in total. The average Bonchev–Trinajstić information content (AvgIpc) is 3.62. The summed E-state index contributed by atoms with van der Waals surface area (Å²) in [4.78, 5) is 11.0. The summed E-state index contributed by atoms with van der Waals surface area (Å²) in [5, 5.41) is 18.4. The number of halogens is 3. The van der Waals surface area contributed by atoms with E-state index in [-0.39, 0.29) is 24.7 Å². The van der Waals surface area contributed by atoms with Gasteiger partial charge >= 0.3 is 6.18 Å². The van der Waals surface area contributed by atoms with Crippen molar-refractivity contribution in [2.45, 2.75) is 56.1 Å². The van der Waals surface area contributed by atoms with Crippen molar-refractivity contribution in [1.82, 2.24) is 34.4 Å². The molecule has 2 aliphatic heterocycles. The van der Waals surface area contributed by atoms with Crippen molar-refractivity contribution in [1.29, 1.82) is 0 Å². The maximum atomic E-state index is 12.9. The van der Waals surface area contributed by atoms with Crippen LogP contribution in [0.5, 0.6) is 0 Å². The number of piperidine rings is 1. The number of hydrogen-bond acceptors (Lipinski definition) is 6. The van der Waals surface area contributed by atoms with Crippen LogP contribution in [0.15, 0.2) is 61.4 Å². The van der Waals surface area contributed by atoms with Gasteiger partial charge in [-0.15, -0.1) is 0 Å². The van der Waals surface area contributed by atoms with Gasteiger partial charge in [0.15, 0.2) is 11.9 Å². The molecule has 0 aliphatic carbocycles. The highest BCUT2D eigenvalue weighted by atomic mass is 19.4. The zero-order chi connectivity index (χ0) is 26.4. The van der Waals surface area contributed by atoms with Gasteiger partial charge in [0.25, 0.3) is 0 Å². The fourth-order valence-corrected chi connectivity index (χ4v) is 5.78. The van der Waals surface area contributed by atoms with Crippen LogP contribution in [0.2, 0.25) is 0 Å². The summed E-state index contributed by atoms with van der Waals surface area (Å²) >= 11 is 0. The normalized spacial score (nSPS) is 22.6. The Balaban J connectivity index is 1.14. The van der Waals surface area contributed by atoms with Crippen LogP contribution >= 0.6 is 0 Å². The zero-order valence-corrected chi connectivity index (χ0v) is 20.8. The monoisotopic (exact) mass is 523 g/mol. The summed E-state index contributed by atoms with van der Waals surface area (Å²) in [7, 11) is 1.88. The molecule has 2 fully saturated rings. The predicted molar refractivity (Wildman–Crippen MR) is 135 cm³/mol. The largest absolute Gasteiger partial charge is 0.415 e. The second kappa shape index (κ2) is 9.63. The number of alkyl halides is 3. The quantitative estimate of drug-likeness (QED) is 0.401. The molecule has 1 aromatic carbocycles. The number of fused-ring (bicyclic) bond motifs is 2. The van der Waals surface area contributed by atoms with Crippen LogP contribution in [0.1, 0.15) is 31.7 Å². The van der Waals surface area contributed by atoms with E-state index in [1.54, 1.807) is 23.3 Å². The summed E-state index contributed by atoms with van der Waals surface area (Å²) in [6.07, 6.45) is 7.31. The third kappa shape index (κ3) is 4.83. The first kappa shape index (κ1) is 24.7. The molecular formula is C27H28F3N7O. The smallest absolute Gasteiger partial charge is 0.382 e. The Labute approximate surface area is 217 Å². The maximum absolute atomic E-state index is 12.9. The van der Waals surface area contributed by atoms with Crippen molar-refractivity contribution in [3.8, 4) is 33.6 Å². The van der Waals surface area contributed by atoms with E-state index < -0.39 is 12.3 Å². The first-order valence-electron chi connectivity index (χ1n) is 12.7. The molecule has 8 nitrogen and oxygen atoms in total. The molecule has 198 valence electrons. The first-order valence-corrected chi connectivity index (χ1v) is 12.7. The topological polar surface area (TPSA) is 84.9 Å². The van der Waals surface area contributed by atoms with Gasteiger partial charge in [-0.05, 0) is 37.3 Å². The summed E-state index contributed by atoms with van der Waals surface area (Å²) < 4.78 is 42.4. The number of aliphatic hydroxyl groups excluding tert-OH is 1. The Morgan fingerprint density at radius 2 is 1.53 bits per heavy atom. The van der Waals surface area contributed by atoms with Gasteiger partial charge in [-0.25, -0.2) is 9.97 Å². The van der Waals surface area contributed by atoms with E-state index in [9.17, 15) is 18.3 Å². The van der Waals surface area contributed by atoms with Crippen LogP contribution in [0.25, 0.3) is 33.6 Å². The van der Waals surface area contributed by atoms with E-state index in [1.165, 1.54) is 0 Å². The molecule has 5 heterocycles. The van der Waals surface area contributed by atoms with Crippen molar-refractivity contribution in [2.75, 3.05) is 6.54 Å². The number of aryl methyl sites for hydroxylation is 1. The summed E-state index contributed by atoms with van der Waals surface area (Å²) in [6.45, 7) is -0.356. The molecule has 0 amide bonds. The second-order valence-electron chi connectivity index (χ2n) is 10.3. The van der Waals surface area contributed by atoms with Crippen LogP contribution in [0.3, 0.4) is 0 Å². The molecule has 2 unspecified atom stereocenters. The van der Waals surface area contributed by atoms with Crippen molar-refractivity contribution in [2.24, 2.45) is 7.05 Å². The van der Waals surface area contributed by atoms with Crippen LogP contribution in [-0.4, -0.2) is 70.4 Å². The molecule has 2 aliphatic rings. The Bertz CT molecular complexity index is 1400. The molecule has 6 rings (SSSR count). The highest BCUT2D eigenvalue weighted by Crippen LogP contribution is 2.41. The number of aliphatic hydroxyl groups is 1. The number of hydrogen-bond donors (Lipinski definition) is 1. The number of rotatable bonds is 6. The Hall–Kier alpha value is -3.57. The third-order valence-electron chi connectivity index (χ3n) is 7.74. The van der Waals surface area contributed by atoms with Gasteiger partial charge in [0.05, 0.1) is 18.4 Å². The van der Waals surface area contributed by atoms with E-state index in [0.717, 1.165) is 40.7 Å². The lowest BCUT2D eigenvalue weighted by molar-refractivity contribution is -0.210. The zero-order valence-electron chi connectivity index (χ0n) is 20.8. The highest BCUT2D eigenvalue weighted by molar-refractivity contribution is 5.70. The Morgan fingerprint density at radius 3 is 2.18 bits per heavy atom. The molecule has 0 radical (unpaired) electrons. The minimum Gasteiger partial charge on any atom is -0.382 e. The molecule has 4 aromatic rings. The van der Waals surface area contributed by atoms with Crippen LogP contribution in [0, 0.1) is 0 Å². The van der Waals surface area contributed by atoms with E-state index >= 15 is 0 Å². The van der Waals surface area contributed by atoms with Crippen molar-refractivity contribution in [3.63, 3.8) is 0 Å². The van der Waals surface area contributed by atoms with Crippen LogP contribution in [-0.2, 0) is 7.05 Å². The molecule has 2 bridgehead atoms. The van der Waals surface area contributed by atoms with Gasteiger partial charge in [0.1, 0.15) is 0 Å². The number of benzene rings is 1. The van der Waals surface area contributed by atoms with Gasteiger partial charge in [-0.1, -0.05) is 18.2 Å². The minimum atomic E-state index is -4.59. The Kier molecular flexibility index (Phi) is 6.27. The molecular weight excluding hydrogens is 495 g/mol.